The molecular formula is C9H16N2. The molecule has 0 aliphatic carbocycles. The molecule has 1 rings (SSSR count). The molecule has 62 valence electrons. The second-order valence-electron chi connectivity index (χ2n) is 3.39. The lowest BCUT2D eigenvalue weighted by molar-refractivity contribution is 0.566. The van der Waals surface area contributed by atoms with Crippen LogP contribution in [0.3, 0.4) is 0 Å². The maximum Gasteiger partial charge on any atom is 0.108 e. The summed E-state index contributed by atoms with van der Waals surface area (Å²) in [6, 6.07) is 0. The van der Waals surface area contributed by atoms with Gasteiger partial charge in [-0.15, -0.1) is 0 Å². The van der Waals surface area contributed by atoms with E-state index in [-0.39, 0.29) is 0 Å². The summed E-state index contributed by atoms with van der Waals surface area (Å²) >= 11 is 0. The highest BCUT2D eigenvalue weighted by atomic mass is 15.0. The second-order valence-corrected chi connectivity index (χ2v) is 3.39. The van der Waals surface area contributed by atoms with Crippen LogP contribution in [0.2, 0.25) is 0 Å². The van der Waals surface area contributed by atoms with Crippen LogP contribution in [0.25, 0.3) is 0 Å². The summed E-state index contributed by atoms with van der Waals surface area (Å²) in [7, 11) is 2.04. The zero-order valence-corrected chi connectivity index (χ0v) is 7.54. The molecule has 0 aromatic carbocycles. The fourth-order valence-corrected chi connectivity index (χ4v) is 1.06. The average molecular weight is 152 g/mol. The highest BCUT2D eigenvalue weighted by Gasteiger charge is 1.99. The summed E-state index contributed by atoms with van der Waals surface area (Å²) in [5.41, 5.74) is 0. The zero-order valence-electron chi connectivity index (χ0n) is 7.54. The molecule has 0 saturated carbocycles. The summed E-state index contributed by atoms with van der Waals surface area (Å²) in [5, 5.41) is 0. The van der Waals surface area contributed by atoms with E-state index in [0.29, 0.717) is 0 Å². The van der Waals surface area contributed by atoms with Gasteiger partial charge in [-0.25, -0.2) is 4.98 Å². The van der Waals surface area contributed by atoms with E-state index in [1.54, 1.807) is 0 Å². The van der Waals surface area contributed by atoms with Crippen LogP contribution in [0.5, 0.6) is 0 Å². The molecule has 0 aliphatic heterocycles. The molecule has 0 atom stereocenters. The largest absolute Gasteiger partial charge is 0.338 e. The van der Waals surface area contributed by atoms with Gasteiger partial charge in [-0.05, 0) is 12.3 Å². The Labute approximate surface area is 68.3 Å². The fraction of sp³-hybridized carbons (Fsp3) is 0.667. The Morgan fingerprint density at radius 2 is 2.27 bits per heavy atom. The van der Waals surface area contributed by atoms with Crippen LogP contribution in [0.4, 0.5) is 0 Å². The van der Waals surface area contributed by atoms with E-state index in [4.69, 9.17) is 0 Å². The van der Waals surface area contributed by atoms with Crippen molar-refractivity contribution in [2.24, 2.45) is 13.0 Å². The molecule has 0 spiro atoms. The molecule has 11 heavy (non-hydrogen) atoms. The summed E-state index contributed by atoms with van der Waals surface area (Å²) in [6.45, 7) is 4.48. The molecule has 0 unspecified atom stereocenters. The van der Waals surface area contributed by atoms with Crippen molar-refractivity contribution >= 4 is 0 Å². The molecule has 2 heteroatoms. The molecule has 1 aromatic heterocycles. The SMILES string of the molecule is CC(C)CCc1nccn1C. The monoisotopic (exact) mass is 152 g/mol. The van der Waals surface area contributed by atoms with Crippen LogP contribution in [0.15, 0.2) is 12.4 Å². The first-order valence-electron chi connectivity index (χ1n) is 4.16. The minimum absolute atomic E-state index is 0.770. The van der Waals surface area contributed by atoms with Crippen LogP contribution in [-0.4, -0.2) is 9.55 Å². The van der Waals surface area contributed by atoms with Gasteiger partial charge in [0, 0.05) is 25.9 Å². The van der Waals surface area contributed by atoms with Gasteiger partial charge in [0.1, 0.15) is 5.82 Å². The summed E-state index contributed by atoms with van der Waals surface area (Å²) in [4.78, 5) is 4.25. The lowest BCUT2D eigenvalue weighted by Gasteiger charge is -2.03. The fourth-order valence-electron chi connectivity index (χ4n) is 1.06. The van der Waals surface area contributed by atoms with Crippen molar-refractivity contribution < 1.29 is 0 Å². The van der Waals surface area contributed by atoms with Crippen molar-refractivity contribution in [3.63, 3.8) is 0 Å². The van der Waals surface area contributed by atoms with E-state index in [1.807, 2.05) is 19.4 Å². The quantitative estimate of drug-likeness (QED) is 0.647. The van der Waals surface area contributed by atoms with Crippen LogP contribution in [0.1, 0.15) is 26.1 Å². The third kappa shape index (κ3) is 2.37. The van der Waals surface area contributed by atoms with Crippen molar-refractivity contribution in [1.82, 2.24) is 9.55 Å². The van der Waals surface area contributed by atoms with Crippen molar-refractivity contribution in [2.75, 3.05) is 0 Å². The van der Waals surface area contributed by atoms with E-state index in [2.05, 4.69) is 23.4 Å². The number of nitrogens with zero attached hydrogens (tertiary/aromatic N) is 2. The van der Waals surface area contributed by atoms with Crippen molar-refractivity contribution in [1.29, 1.82) is 0 Å². The Morgan fingerprint density at radius 3 is 2.73 bits per heavy atom. The number of aryl methyl sites for hydroxylation is 2. The molecule has 0 amide bonds. The Kier molecular flexibility index (Phi) is 2.69. The van der Waals surface area contributed by atoms with E-state index in [0.717, 1.165) is 12.3 Å². The zero-order chi connectivity index (χ0) is 8.27. The lowest BCUT2D eigenvalue weighted by Crippen LogP contribution is -1.99. The first-order valence-corrected chi connectivity index (χ1v) is 4.16. The number of rotatable bonds is 3. The van der Waals surface area contributed by atoms with Crippen LogP contribution in [-0.2, 0) is 13.5 Å². The molecule has 0 radical (unpaired) electrons. The molecule has 0 aliphatic rings. The van der Waals surface area contributed by atoms with Gasteiger partial charge in [-0.1, -0.05) is 13.8 Å². The standard InChI is InChI=1S/C9H16N2/c1-8(2)4-5-9-10-6-7-11(9)3/h6-8H,4-5H2,1-3H3. The molecule has 1 aromatic rings. The van der Waals surface area contributed by atoms with Gasteiger partial charge >= 0.3 is 0 Å². The van der Waals surface area contributed by atoms with Gasteiger partial charge in [0.05, 0.1) is 0 Å². The average Bonchev–Trinajstić information content (AvgIpc) is 2.31. The van der Waals surface area contributed by atoms with Crippen molar-refractivity contribution in [2.45, 2.75) is 26.7 Å². The Balaban J connectivity index is 2.44. The molecular weight excluding hydrogens is 136 g/mol. The van der Waals surface area contributed by atoms with Gasteiger partial charge in [0.2, 0.25) is 0 Å². The minimum atomic E-state index is 0.770. The third-order valence-corrected chi connectivity index (χ3v) is 1.87. The van der Waals surface area contributed by atoms with Crippen molar-refractivity contribution in [3.05, 3.63) is 18.2 Å². The molecule has 2 nitrogen and oxygen atoms in total. The number of hydrogen-bond donors (Lipinski definition) is 0. The van der Waals surface area contributed by atoms with E-state index in [1.165, 1.54) is 12.2 Å². The van der Waals surface area contributed by atoms with Crippen molar-refractivity contribution in [3.8, 4) is 0 Å². The number of aromatic nitrogens is 2. The van der Waals surface area contributed by atoms with E-state index in [9.17, 15) is 0 Å². The highest BCUT2D eigenvalue weighted by Crippen LogP contribution is 2.05. The lowest BCUT2D eigenvalue weighted by atomic mass is 10.1. The van der Waals surface area contributed by atoms with Gasteiger partial charge in [0.15, 0.2) is 0 Å². The van der Waals surface area contributed by atoms with Gasteiger partial charge < -0.3 is 4.57 Å². The van der Waals surface area contributed by atoms with Crippen LogP contribution in [0, 0.1) is 5.92 Å². The van der Waals surface area contributed by atoms with Gasteiger partial charge in [-0.2, -0.15) is 0 Å². The van der Waals surface area contributed by atoms with Crippen LogP contribution >= 0.6 is 0 Å². The second kappa shape index (κ2) is 3.56. The summed E-state index contributed by atoms with van der Waals surface area (Å²) < 4.78 is 2.09. The Bertz CT molecular complexity index is 213. The van der Waals surface area contributed by atoms with Gasteiger partial charge in [0.25, 0.3) is 0 Å². The van der Waals surface area contributed by atoms with Crippen LogP contribution < -0.4 is 0 Å². The smallest absolute Gasteiger partial charge is 0.108 e. The predicted octanol–water partition coefficient (Wildman–Crippen LogP) is 2.01. The maximum absolute atomic E-state index is 4.25. The molecule has 0 bridgehead atoms. The highest BCUT2D eigenvalue weighted by molar-refractivity contribution is 4.90. The number of hydrogen-bond acceptors (Lipinski definition) is 1. The molecule has 0 saturated heterocycles. The molecule has 0 N–H and O–H groups in total. The first-order chi connectivity index (χ1) is 5.20. The Hall–Kier alpha value is -0.790. The molecule has 0 fully saturated rings. The summed E-state index contributed by atoms with van der Waals surface area (Å²) in [5.74, 6) is 1.96. The topological polar surface area (TPSA) is 17.8 Å². The maximum atomic E-state index is 4.25. The normalized spacial score (nSPS) is 10.9. The molecule has 1 heterocycles. The van der Waals surface area contributed by atoms with E-state index >= 15 is 0 Å². The first kappa shape index (κ1) is 8.31. The predicted molar refractivity (Wildman–Crippen MR) is 46.4 cm³/mol. The number of imidazole rings is 1. The summed E-state index contributed by atoms with van der Waals surface area (Å²) in [6.07, 6.45) is 6.18. The van der Waals surface area contributed by atoms with Gasteiger partial charge in [-0.3, -0.25) is 0 Å². The minimum Gasteiger partial charge on any atom is -0.338 e. The Morgan fingerprint density at radius 1 is 1.55 bits per heavy atom. The third-order valence-electron chi connectivity index (χ3n) is 1.87. The van der Waals surface area contributed by atoms with E-state index < -0.39 is 0 Å².